The zero-order chi connectivity index (χ0) is 38.8. The van der Waals surface area contributed by atoms with Crippen LogP contribution in [-0.4, -0.2) is 71.6 Å². The molecular formula is C42H52Cl4N4O5S2. The molecule has 57 heavy (non-hydrogen) atoms. The smallest absolute Gasteiger partial charge is 0.250 e. The number of likely N-dealkylation sites (N-methyl/N-ethyl adjacent to an activating group) is 2. The number of hydrogen-bond donors (Lipinski definition) is 3. The van der Waals surface area contributed by atoms with Crippen LogP contribution in [0.3, 0.4) is 0 Å². The third-order valence-electron chi connectivity index (χ3n) is 11.2. The second-order valence-electron chi connectivity index (χ2n) is 14.5. The maximum Gasteiger partial charge on any atom is 0.250 e. The highest BCUT2D eigenvalue weighted by Crippen LogP contribution is 2.49. The first-order valence-electron chi connectivity index (χ1n) is 18.2. The van der Waals surface area contributed by atoms with Crippen LogP contribution < -0.4 is 11.5 Å². The van der Waals surface area contributed by atoms with Crippen molar-refractivity contribution in [3.05, 3.63) is 111 Å². The Labute approximate surface area is 365 Å². The van der Waals surface area contributed by atoms with Gasteiger partial charge in [-0.2, -0.15) is 0 Å². The van der Waals surface area contributed by atoms with Gasteiger partial charge >= 0.3 is 0 Å². The van der Waals surface area contributed by atoms with Crippen LogP contribution in [0.5, 0.6) is 0 Å². The molecule has 15 heteroatoms. The first kappa shape index (κ1) is 48.5. The van der Waals surface area contributed by atoms with Gasteiger partial charge in [-0.15, -0.1) is 47.5 Å². The molecule has 310 valence electrons. The molecular weight excluding hydrogens is 846 g/mol. The van der Waals surface area contributed by atoms with Crippen molar-refractivity contribution >= 4 is 94.1 Å². The molecule has 5 N–H and O–H groups in total. The second kappa shape index (κ2) is 20.9. The van der Waals surface area contributed by atoms with E-state index >= 15 is 0 Å². The number of aliphatic hydroxyl groups is 1. The van der Waals surface area contributed by atoms with E-state index in [2.05, 4.69) is 23.9 Å². The van der Waals surface area contributed by atoms with Gasteiger partial charge in [-0.05, 0) is 99.1 Å². The summed E-state index contributed by atoms with van der Waals surface area (Å²) in [7, 11) is 5.25. The second-order valence-corrected chi connectivity index (χ2v) is 17.7. The van der Waals surface area contributed by atoms with Crippen LogP contribution in [0.2, 0.25) is 10.0 Å². The number of carbonyl (C=O) groups is 4. The fraction of sp³-hybridized carbons (Fsp3) is 0.429. The predicted octanol–water partition coefficient (Wildman–Crippen LogP) is 8.18. The third kappa shape index (κ3) is 10.5. The standard InChI is InChI=1S/2C20H21ClN2O2S.CH4O.CH4.2ClH/c2*1-23-13-6-7-15(23)18-16(9-13)26-17(19(18)20(22)25)10-14(24)8-11-2-4-12(21)5-3-11;1-2;;;/h2*2-5,13,15H,6-10H2,1H3,(H2,22,25);2H,1H3;1H4;2*1H/t2*13-,15?;;;;/m11..../s1. The van der Waals surface area contributed by atoms with Gasteiger partial charge in [0, 0.05) is 86.5 Å². The van der Waals surface area contributed by atoms with E-state index in [-0.39, 0.29) is 68.7 Å². The van der Waals surface area contributed by atoms with Crippen molar-refractivity contribution in [2.24, 2.45) is 11.5 Å². The molecule has 0 radical (unpaired) electrons. The number of halogens is 4. The van der Waals surface area contributed by atoms with E-state index in [0.717, 1.165) is 77.6 Å². The van der Waals surface area contributed by atoms with Gasteiger partial charge in [0.05, 0.1) is 11.1 Å². The summed E-state index contributed by atoms with van der Waals surface area (Å²) in [5.41, 5.74) is 16.7. The Morgan fingerprint density at radius 3 is 1.28 bits per heavy atom. The minimum Gasteiger partial charge on any atom is -0.400 e. The summed E-state index contributed by atoms with van der Waals surface area (Å²) in [5.74, 6) is -0.634. The van der Waals surface area contributed by atoms with Crippen LogP contribution in [0, 0.1) is 0 Å². The van der Waals surface area contributed by atoms with E-state index < -0.39 is 11.8 Å². The molecule has 2 amide bonds. The predicted molar refractivity (Wildman–Crippen MR) is 237 cm³/mol. The van der Waals surface area contributed by atoms with Gasteiger partial charge in [-0.25, -0.2) is 0 Å². The van der Waals surface area contributed by atoms with Gasteiger partial charge in [0.2, 0.25) is 11.8 Å². The number of carbonyl (C=O) groups excluding carboxylic acids is 4. The number of Topliss-reactive ketones (excluding diaryl/α,β-unsaturated/α-hetero) is 2. The van der Waals surface area contributed by atoms with Crippen molar-refractivity contribution in [1.82, 2.24) is 9.80 Å². The number of ketones is 2. The fourth-order valence-corrected chi connectivity index (χ4v) is 11.9. The van der Waals surface area contributed by atoms with Gasteiger partial charge in [0.25, 0.3) is 0 Å². The highest BCUT2D eigenvalue weighted by atomic mass is 35.5. The van der Waals surface area contributed by atoms with Gasteiger partial charge in [0.15, 0.2) is 0 Å². The lowest BCUT2D eigenvalue weighted by molar-refractivity contribution is -0.118. The van der Waals surface area contributed by atoms with Gasteiger partial charge in [-0.1, -0.05) is 54.9 Å². The number of benzene rings is 2. The summed E-state index contributed by atoms with van der Waals surface area (Å²) in [6.07, 6.45) is 7.55. The Balaban J connectivity index is 0.000000279. The van der Waals surface area contributed by atoms with Gasteiger partial charge in [-0.3, -0.25) is 29.0 Å². The van der Waals surface area contributed by atoms with Gasteiger partial charge in [0.1, 0.15) is 11.6 Å². The molecule has 4 aliphatic rings. The molecule has 0 spiro atoms. The number of nitrogens with two attached hydrogens (primary N) is 2. The highest BCUT2D eigenvalue weighted by molar-refractivity contribution is 7.13. The molecule has 2 fully saturated rings. The molecule has 2 unspecified atom stereocenters. The van der Waals surface area contributed by atoms with Crippen molar-refractivity contribution < 1.29 is 24.3 Å². The van der Waals surface area contributed by atoms with Crippen LogP contribution >= 0.6 is 70.7 Å². The van der Waals surface area contributed by atoms with Gasteiger partial charge < -0.3 is 16.6 Å². The van der Waals surface area contributed by atoms with E-state index in [0.29, 0.717) is 46.1 Å². The van der Waals surface area contributed by atoms with Crippen LogP contribution in [0.15, 0.2) is 48.5 Å². The number of nitrogens with zero attached hydrogens (tertiary/aromatic N) is 2. The van der Waals surface area contributed by atoms with Crippen LogP contribution in [0.1, 0.15) is 108 Å². The maximum atomic E-state index is 12.6. The van der Waals surface area contributed by atoms with Crippen molar-refractivity contribution in [3.8, 4) is 0 Å². The molecule has 6 heterocycles. The largest absolute Gasteiger partial charge is 0.400 e. The number of rotatable bonds is 10. The van der Waals surface area contributed by atoms with E-state index in [1.54, 1.807) is 46.9 Å². The molecule has 9 nitrogen and oxygen atoms in total. The first-order valence-corrected chi connectivity index (χ1v) is 20.6. The Morgan fingerprint density at radius 2 is 0.965 bits per heavy atom. The number of primary amides is 2. The molecule has 0 aliphatic carbocycles. The average molecular weight is 899 g/mol. The van der Waals surface area contributed by atoms with Crippen LogP contribution in [0.25, 0.3) is 0 Å². The summed E-state index contributed by atoms with van der Waals surface area (Å²) in [4.78, 5) is 58.5. The summed E-state index contributed by atoms with van der Waals surface area (Å²) in [6, 6.07) is 16.2. The average Bonchev–Trinajstić information content (AvgIpc) is 3.82. The lowest BCUT2D eigenvalue weighted by Crippen LogP contribution is -2.34. The molecule has 8 rings (SSSR count). The highest BCUT2D eigenvalue weighted by Gasteiger charge is 2.43. The van der Waals surface area contributed by atoms with E-state index in [1.807, 2.05) is 24.3 Å². The van der Waals surface area contributed by atoms with E-state index in [1.165, 1.54) is 9.75 Å². The fourth-order valence-electron chi connectivity index (χ4n) is 8.67. The molecule has 4 bridgehead atoms. The quantitative estimate of drug-likeness (QED) is 0.146. The minimum absolute atomic E-state index is 0. The number of aliphatic hydroxyl groups excluding tert-OH is 1. The zero-order valence-corrected chi connectivity index (χ0v) is 36.3. The Morgan fingerprint density at radius 1 is 0.632 bits per heavy atom. The van der Waals surface area contributed by atoms with E-state index in [4.69, 9.17) is 39.8 Å². The number of fused-ring (bicyclic) bond motifs is 8. The Bertz CT molecular complexity index is 1910. The summed E-state index contributed by atoms with van der Waals surface area (Å²) in [5, 5.41) is 8.31. The zero-order valence-electron chi connectivity index (χ0n) is 31.5. The van der Waals surface area contributed by atoms with E-state index in [9.17, 15) is 19.2 Å². The Hall–Kier alpha value is -2.84. The SMILES string of the molecule is C.CN1C2CC[C@@H]1Cc1sc(CC(=O)Cc3ccc(Cl)cc3)c(C(N)=O)c12.CN1C2CC[C@@H]1Cc1sc(CC(=O)Cc3ccc(Cl)cc3)c(C(N)=O)c12.CO.Cl.Cl. The lowest BCUT2D eigenvalue weighted by Gasteiger charge is -2.31. The van der Waals surface area contributed by atoms with Crippen LogP contribution in [0.4, 0.5) is 0 Å². The first-order chi connectivity index (χ1) is 25.9. The summed E-state index contributed by atoms with van der Waals surface area (Å²) < 4.78 is 0. The third-order valence-corrected chi connectivity index (χ3v) is 14.2. The topological polar surface area (TPSA) is 147 Å². The summed E-state index contributed by atoms with van der Waals surface area (Å²) in [6.45, 7) is 0. The number of thiophene rings is 2. The molecule has 2 saturated heterocycles. The van der Waals surface area contributed by atoms with Crippen molar-refractivity contribution in [3.63, 3.8) is 0 Å². The van der Waals surface area contributed by atoms with Crippen LogP contribution in [-0.2, 0) is 48.1 Å². The molecule has 0 saturated carbocycles. The normalized spacial score (nSPS) is 19.8. The minimum atomic E-state index is -0.407. The molecule has 4 aliphatic heterocycles. The maximum absolute atomic E-state index is 12.6. The molecule has 4 aromatic rings. The van der Waals surface area contributed by atoms with Crippen molar-refractivity contribution in [2.75, 3.05) is 21.2 Å². The molecule has 4 atom stereocenters. The lowest BCUT2D eigenvalue weighted by atomic mass is 9.94. The van der Waals surface area contributed by atoms with Crippen molar-refractivity contribution in [1.29, 1.82) is 0 Å². The monoisotopic (exact) mass is 896 g/mol. The van der Waals surface area contributed by atoms with Crippen molar-refractivity contribution in [2.45, 2.75) is 95.8 Å². The number of hydrogen-bond acceptors (Lipinski definition) is 9. The molecule has 2 aromatic heterocycles. The number of amides is 2. The Kier molecular flexibility index (Phi) is 17.8. The summed E-state index contributed by atoms with van der Waals surface area (Å²) >= 11 is 15.0. The molecule has 2 aromatic carbocycles.